The summed E-state index contributed by atoms with van der Waals surface area (Å²) in [6, 6.07) is 17.4. The number of hydrogen-bond donors (Lipinski definition) is 2. The van der Waals surface area contributed by atoms with Gasteiger partial charge in [-0.05, 0) is 62.6 Å². The number of aromatic carboxylic acids is 2. The largest absolute Gasteiger partial charge is 0.478 e. The van der Waals surface area contributed by atoms with Crippen molar-refractivity contribution in [1.82, 2.24) is 4.98 Å². The molecule has 3 aromatic carbocycles. The van der Waals surface area contributed by atoms with Crippen LogP contribution in [0.15, 0.2) is 76.6 Å². The van der Waals surface area contributed by atoms with Gasteiger partial charge in [-0.1, -0.05) is 40.2 Å². The Hall–Kier alpha value is -3.48. The van der Waals surface area contributed by atoms with Crippen LogP contribution in [0.4, 0.5) is 19.9 Å². The Morgan fingerprint density at radius 2 is 1.54 bits per heavy atom. The second-order valence-electron chi connectivity index (χ2n) is 8.17. The number of benzene rings is 3. The number of thiazole rings is 1. The second-order valence-corrected chi connectivity index (χ2v) is 11.7. The minimum absolute atomic E-state index is 0.110. The molecular weight excluding hydrogens is 621 g/mol. The van der Waals surface area contributed by atoms with Gasteiger partial charge >= 0.3 is 19.5 Å². The van der Waals surface area contributed by atoms with Gasteiger partial charge in [0.15, 0.2) is 5.13 Å². The van der Waals surface area contributed by atoms with Gasteiger partial charge in [0.25, 0.3) is 0 Å². The predicted octanol–water partition coefficient (Wildman–Crippen LogP) is 7.80. The van der Waals surface area contributed by atoms with Gasteiger partial charge in [0.05, 0.1) is 29.5 Å². The molecule has 9 nitrogen and oxygen atoms in total. The first kappa shape index (κ1) is 28.5. The first-order valence-electron chi connectivity index (χ1n) is 11.0. The van der Waals surface area contributed by atoms with E-state index >= 15 is 0 Å². The topological polar surface area (TPSA) is 126 Å². The first-order chi connectivity index (χ1) is 18.6. The maximum absolute atomic E-state index is 12.5. The maximum Gasteiger partial charge on any atom is 0.399 e. The summed E-state index contributed by atoms with van der Waals surface area (Å²) in [5.74, 6) is -2.10. The molecule has 0 saturated heterocycles. The highest BCUT2D eigenvalue weighted by Gasteiger charge is 2.29. The third kappa shape index (κ3) is 6.75. The summed E-state index contributed by atoms with van der Waals surface area (Å²) in [5, 5.41) is 20.8. The van der Waals surface area contributed by atoms with E-state index in [1.165, 1.54) is 41.7 Å². The van der Waals surface area contributed by atoms with Crippen LogP contribution in [-0.4, -0.2) is 27.1 Å². The van der Waals surface area contributed by atoms with Gasteiger partial charge in [0.2, 0.25) is 0 Å². The van der Waals surface area contributed by atoms with E-state index in [9.17, 15) is 28.3 Å². The Kier molecular flexibility index (Phi) is 8.88. The Balaban J connectivity index is 1.67. The molecule has 0 saturated carbocycles. The molecular formula is C25H18BrF2N2O7PS. The molecule has 1 heterocycles. The highest BCUT2D eigenvalue weighted by molar-refractivity contribution is 9.10. The number of hydrogen-bond acceptors (Lipinski definition) is 8. The van der Waals surface area contributed by atoms with Gasteiger partial charge in [0.1, 0.15) is 0 Å². The first-order valence-corrected chi connectivity index (χ1v) is 14.4. The molecule has 4 aromatic rings. The Morgan fingerprint density at radius 1 is 0.949 bits per heavy atom. The zero-order chi connectivity index (χ0) is 28.2. The SMILES string of the molecule is O=C(O)c1ccc(-c2csc(N(Cc3ccc(CP(=O)(OF)OF)c(Br)c3)c3ccc(C(=O)O)cc3)n2)cc1. The van der Waals surface area contributed by atoms with Gasteiger partial charge in [-0.2, -0.15) is 0 Å². The fourth-order valence-corrected chi connectivity index (χ4v) is 6.07. The molecule has 0 bridgehead atoms. The fourth-order valence-electron chi connectivity index (χ4n) is 3.63. The summed E-state index contributed by atoms with van der Waals surface area (Å²) in [4.78, 5) is 29.0. The van der Waals surface area contributed by atoms with Gasteiger partial charge in [-0.3, -0.25) is 4.57 Å². The lowest BCUT2D eigenvalue weighted by Gasteiger charge is -2.23. The minimum Gasteiger partial charge on any atom is -0.478 e. The number of rotatable bonds is 11. The maximum atomic E-state index is 12.5. The van der Waals surface area contributed by atoms with E-state index in [1.54, 1.807) is 36.4 Å². The molecule has 0 atom stereocenters. The molecule has 0 spiro atoms. The van der Waals surface area contributed by atoms with Crippen molar-refractivity contribution in [2.45, 2.75) is 12.7 Å². The van der Waals surface area contributed by atoms with Crippen LogP contribution in [0.5, 0.6) is 0 Å². The normalized spacial score (nSPS) is 11.4. The average molecular weight is 639 g/mol. The lowest BCUT2D eigenvalue weighted by atomic mass is 10.1. The van der Waals surface area contributed by atoms with Gasteiger partial charge in [-0.15, -0.1) is 20.8 Å². The number of carboxylic acid groups (broad SMARTS) is 2. The van der Waals surface area contributed by atoms with E-state index in [1.807, 2.05) is 10.3 Å². The number of anilines is 2. The Bertz CT molecular complexity index is 1540. The van der Waals surface area contributed by atoms with Crippen molar-refractivity contribution in [3.8, 4) is 11.3 Å². The molecule has 4 rings (SSSR count). The van der Waals surface area contributed by atoms with Crippen LogP contribution in [-0.2, 0) is 26.7 Å². The quantitative estimate of drug-likeness (QED) is 0.158. The van der Waals surface area contributed by atoms with Crippen molar-refractivity contribution in [3.63, 3.8) is 0 Å². The molecule has 2 N–H and O–H groups in total. The summed E-state index contributed by atoms with van der Waals surface area (Å²) >= 11 is 4.65. The number of carboxylic acids is 2. The monoisotopic (exact) mass is 638 g/mol. The van der Waals surface area contributed by atoms with E-state index < -0.39 is 25.7 Å². The van der Waals surface area contributed by atoms with Crippen molar-refractivity contribution in [1.29, 1.82) is 0 Å². The van der Waals surface area contributed by atoms with Gasteiger partial charge in [-0.25, -0.2) is 14.6 Å². The van der Waals surface area contributed by atoms with Crippen molar-refractivity contribution in [2.24, 2.45) is 0 Å². The van der Waals surface area contributed by atoms with Crippen molar-refractivity contribution in [3.05, 3.63) is 98.8 Å². The van der Waals surface area contributed by atoms with Crippen molar-refractivity contribution in [2.75, 3.05) is 4.90 Å². The van der Waals surface area contributed by atoms with Crippen LogP contribution >= 0.6 is 34.9 Å². The molecule has 202 valence electrons. The molecule has 14 heteroatoms. The average Bonchev–Trinajstić information content (AvgIpc) is 3.43. The summed E-state index contributed by atoms with van der Waals surface area (Å²) < 4.78 is 43.7. The van der Waals surface area contributed by atoms with Crippen LogP contribution in [0.25, 0.3) is 11.3 Å². The molecule has 0 unspecified atom stereocenters. The van der Waals surface area contributed by atoms with Gasteiger partial charge < -0.3 is 15.1 Å². The predicted molar refractivity (Wildman–Crippen MR) is 144 cm³/mol. The van der Waals surface area contributed by atoms with Crippen LogP contribution in [0.3, 0.4) is 0 Å². The number of carbonyl (C=O) groups is 2. The van der Waals surface area contributed by atoms with E-state index in [0.717, 1.165) is 5.56 Å². The molecule has 0 aliphatic rings. The summed E-state index contributed by atoms with van der Waals surface area (Å²) in [5.41, 5.74) is 3.25. The van der Waals surface area contributed by atoms with Crippen LogP contribution < -0.4 is 4.90 Å². The summed E-state index contributed by atoms with van der Waals surface area (Å²) in [6.07, 6.45) is -0.641. The highest BCUT2D eigenvalue weighted by Crippen LogP contribution is 2.53. The minimum atomic E-state index is -4.58. The summed E-state index contributed by atoms with van der Waals surface area (Å²) in [6.45, 7) is 0.257. The zero-order valence-electron chi connectivity index (χ0n) is 19.7. The van der Waals surface area contributed by atoms with E-state index in [4.69, 9.17) is 10.1 Å². The standard InChI is InChI=1S/C25H18BrF2N2O7PS/c26-21-11-15(1-2-19(21)13-38(35,36-27)37-28)12-30(20-9-7-18(8-10-20)24(33)34)25-29-22(14-39-25)16-3-5-17(6-4-16)23(31)32/h1-11,14H,12-13H2,(H,31,32)(H,33,34). The molecule has 39 heavy (non-hydrogen) atoms. The third-order valence-corrected chi connectivity index (χ3v) is 8.36. The lowest BCUT2D eigenvalue weighted by Crippen LogP contribution is -2.16. The number of halogens is 3. The number of aromatic nitrogens is 1. The molecule has 0 aliphatic carbocycles. The molecule has 0 fully saturated rings. The van der Waals surface area contributed by atoms with E-state index in [0.29, 0.717) is 26.5 Å². The highest BCUT2D eigenvalue weighted by atomic mass is 79.9. The third-order valence-electron chi connectivity index (χ3n) is 5.61. The van der Waals surface area contributed by atoms with Crippen LogP contribution in [0.2, 0.25) is 0 Å². The Morgan fingerprint density at radius 3 is 2.08 bits per heavy atom. The second kappa shape index (κ2) is 12.1. The smallest absolute Gasteiger partial charge is 0.399 e. The Labute approximate surface area is 232 Å². The fraction of sp³-hybridized carbons (Fsp3) is 0.0800. The zero-order valence-corrected chi connectivity index (χ0v) is 23.0. The van der Waals surface area contributed by atoms with Crippen molar-refractivity contribution < 1.29 is 42.9 Å². The van der Waals surface area contributed by atoms with Crippen molar-refractivity contribution >= 4 is 57.6 Å². The summed E-state index contributed by atoms with van der Waals surface area (Å²) in [7, 11) is -4.58. The lowest BCUT2D eigenvalue weighted by molar-refractivity contribution is -0.0881. The van der Waals surface area contributed by atoms with E-state index in [-0.39, 0.29) is 23.2 Å². The van der Waals surface area contributed by atoms with Crippen LogP contribution in [0, 0.1) is 0 Å². The molecule has 1 aromatic heterocycles. The van der Waals surface area contributed by atoms with Gasteiger partial charge in [0, 0.05) is 21.1 Å². The molecule has 0 amide bonds. The molecule has 0 radical (unpaired) electrons. The van der Waals surface area contributed by atoms with E-state index in [2.05, 4.69) is 25.4 Å². The number of nitrogens with zero attached hydrogens (tertiary/aromatic N) is 2. The van der Waals surface area contributed by atoms with Crippen LogP contribution in [0.1, 0.15) is 31.8 Å². The molecule has 0 aliphatic heterocycles.